The van der Waals surface area contributed by atoms with E-state index in [1.54, 1.807) is 18.3 Å². The number of hydrogen-bond acceptors (Lipinski definition) is 5. The number of benzene rings is 3. The summed E-state index contributed by atoms with van der Waals surface area (Å²) in [7, 11) is 0. The molecule has 5 nitrogen and oxygen atoms in total. The van der Waals surface area contributed by atoms with Crippen molar-refractivity contribution in [2.24, 2.45) is 0 Å². The van der Waals surface area contributed by atoms with Crippen LogP contribution in [0, 0.1) is 0 Å². The molecule has 1 aliphatic carbocycles. The average molecular weight is 371 g/mol. The predicted octanol–water partition coefficient (Wildman–Crippen LogP) is 4.41. The maximum Gasteiger partial charge on any atom is 0.158 e. The second-order valence-corrected chi connectivity index (χ2v) is 7.10. The molecular weight excluding hydrogens is 354 g/mol. The van der Waals surface area contributed by atoms with Crippen molar-refractivity contribution in [3.8, 4) is 34.1 Å². The van der Waals surface area contributed by atoms with Crippen LogP contribution in [0.5, 0.6) is 23.0 Å². The van der Waals surface area contributed by atoms with Crippen molar-refractivity contribution in [2.45, 2.75) is 12.3 Å². The molecule has 0 saturated heterocycles. The molecule has 5 heteroatoms. The molecule has 0 saturated carbocycles. The van der Waals surface area contributed by atoms with Gasteiger partial charge in [0.1, 0.15) is 0 Å². The average Bonchev–Trinajstić information content (AvgIpc) is 2.95. The summed E-state index contributed by atoms with van der Waals surface area (Å²) in [5.41, 5.74) is 5.16. The summed E-state index contributed by atoms with van der Waals surface area (Å²) < 4.78 is 0. The van der Waals surface area contributed by atoms with E-state index in [1.807, 2.05) is 30.3 Å². The molecule has 0 amide bonds. The number of aromatic hydroxyl groups is 4. The van der Waals surface area contributed by atoms with Gasteiger partial charge in [-0.15, -0.1) is 0 Å². The molecule has 3 aromatic carbocycles. The monoisotopic (exact) mass is 371 g/mol. The maximum atomic E-state index is 10.1. The van der Waals surface area contributed by atoms with E-state index in [0.717, 1.165) is 38.7 Å². The smallest absolute Gasteiger partial charge is 0.158 e. The van der Waals surface area contributed by atoms with Gasteiger partial charge in [-0.3, -0.25) is 4.98 Å². The lowest BCUT2D eigenvalue weighted by Crippen LogP contribution is -2.02. The molecule has 1 heterocycles. The topological polar surface area (TPSA) is 93.8 Å². The van der Waals surface area contributed by atoms with E-state index in [0.29, 0.717) is 6.42 Å². The van der Waals surface area contributed by atoms with Gasteiger partial charge in [0.25, 0.3) is 0 Å². The number of fused-ring (bicyclic) bond motifs is 4. The Labute approximate surface area is 160 Å². The number of rotatable bonds is 2. The van der Waals surface area contributed by atoms with Crippen LogP contribution in [0.25, 0.3) is 22.0 Å². The second kappa shape index (κ2) is 5.89. The van der Waals surface area contributed by atoms with E-state index in [1.165, 1.54) is 12.1 Å². The van der Waals surface area contributed by atoms with Gasteiger partial charge < -0.3 is 20.4 Å². The minimum absolute atomic E-state index is 0.145. The molecule has 0 spiro atoms. The molecule has 0 atom stereocenters. The molecule has 0 radical (unpaired) electrons. The van der Waals surface area contributed by atoms with Gasteiger partial charge in [0.2, 0.25) is 0 Å². The highest BCUT2D eigenvalue weighted by atomic mass is 16.3. The molecule has 5 rings (SSSR count). The third kappa shape index (κ3) is 2.36. The zero-order valence-corrected chi connectivity index (χ0v) is 14.8. The van der Waals surface area contributed by atoms with Crippen molar-refractivity contribution in [1.29, 1.82) is 0 Å². The van der Waals surface area contributed by atoms with Crippen LogP contribution in [-0.4, -0.2) is 25.4 Å². The Bertz CT molecular complexity index is 1190. The SMILES string of the molecule is Oc1cc2c(cc1O)C(Cc1ccnc3ccccc13)c1cc(O)c(O)cc1-2. The summed E-state index contributed by atoms with van der Waals surface area (Å²) in [6, 6.07) is 16.0. The molecule has 0 fully saturated rings. The summed E-state index contributed by atoms with van der Waals surface area (Å²) in [4.78, 5) is 4.41. The zero-order valence-electron chi connectivity index (χ0n) is 14.8. The number of phenolic OH excluding ortho intramolecular Hbond substituents is 4. The van der Waals surface area contributed by atoms with Gasteiger partial charge in [-0.25, -0.2) is 0 Å². The minimum atomic E-state index is -0.215. The van der Waals surface area contributed by atoms with E-state index in [9.17, 15) is 20.4 Å². The quantitative estimate of drug-likeness (QED) is 0.392. The number of aromatic nitrogens is 1. The fourth-order valence-corrected chi connectivity index (χ4v) is 4.17. The fraction of sp³-hybridized carbons (Fsp3) is 0.0870. The largest absolute Gasteiger partial charge is 0.504 e. The first-order valence-corrected chi connectivity index (χ1v) is 8.97. The van der Waals surface area contributed by atoms with Gasteiger partial charge in [0, 0.05) is 17.5 Å². The standard InChI is InChI=1S/C23H17NO4/c25-20-8-15-14(7-12-5-6-24-19-4-2-1-3-13(12)19)16-9-21(26)23(28)11-18(16)17(15)10-22(20)27/h1-6,8-11,14,25-28H,7H2. The Morgan fingerprint density at radius 2 is 1.29 bits per heavy atom. The zero-order chi connectivity index (χ0) is 19.4. The third-order valence-electron chi connectivity index (χ3n) is 5.50. The van der Waals surface area contributed by atoms with Crippen molar-refractivity contribution in [1.82, 2.24) is 4.98 Å². The van der Waals surface area contributed by atoms with Crippen molar-refractivity contribution in [3.63, 3.8) is 0 Å². The summed E-state index contributed by atoms with van der Waals surface area (Å²) >= 11 is 0. The van der Waals surface area contributed by atoms with Crippen LogP contribution in [0.1, 0.15) is 22.6 Å². The van der Waals surface area contributed by atoms with Gasteiger partial charge in [0.15, 0.2) is 23.0 Å². The van der Waals surface area contributed by atoms with Crippen LogP contribution < -0.4 is 0 Å². The number of nitrogens with zero attached hydrogens (tertiary/aromatic N) is 1. The minimum Gasteiger partial charge on any atom is -0.504 e. The highest BCUT2D eigenvalue weighted by Crippen LogP contribution is 2.52. The van der Waals surface area contributed by atoms with Crippen LogP contribution in [0.3, 0.4) is 0 Å². The first-order valence-electron chi connectivity index (χ1n) is 8.97. The van der Waals surface area contributed by atoms with Crippen molar-refractivity contribution in [3.05, 3.63) is 77.5 Å². The summed E-state index contributed by atoms with van der Waals surface area (Å²) in [5.74, 6) is -0.956. The summed E-state index contributed by atoms with van der Waals surface area (Å²) in [6.45, 7) is 0. The van der Waals surface area contributed by atoms with Crippen LogP contribution in [0.15, 0.2) is 60.8 Å². The Kier molecular flexibility index (Phi) is 3.46. The first-order chi connectivity index (χ1) is 13.5. The summed E-state index contributed by atoms with van der Waals surface area (Å²) in [5, 5.41) is 41.1. The Hall–Kier alpha value is -3.73. The predicted molar refractivity (Wildman–Crippen MR) is 106 cm³/mol. The fourth-order valence-electron chi connectivity index (χ4n) is 4.17. The van der Waals surface area contributed by atoms with Gasteiger partial charge in [-0.2, -0.15) is 0 Å². The van der Waals surface area contributed by atoms with Crippen LogP contribution in [0.4, 0.5) is 0 Å². The van der Waals surface area contributed by atoms with Crippen molar-refractivity contribution >= 4 is 10.9 Å². The molecule has 0 aliphatic heterocycles. The van der Waals surface area contributed by atoms with E-state index in [-0.39, 0.29) is 28.9 Å². The molecule has 0 bridgehead atoms. The number of pyridine rings is 1. The number of phenols is 4. The number of hydrogen-bond donors (Lipinski definition) is 4. The normalized spacial score (nSPS) is 12.9. The molecule has 1 aromatic heterocycles. The summed E-state index contributed by atoms with van der Waals surface area (Å²) in [6.07, 6.45) is 2.40. The van der Waals surface area contributed by atoms with E-state index in [2.05, 4.69) is 4.98 Å². The van der Waals surface area contributed by atoms with E-state index >= 15 is 0 Å². The van der Waals surface area contributed by atoms with Gasteiger partial charge in [0.05, 0.1) is 5.52 Å². The first kappa shape index (κ1) is 16.4. The van der Waals surface area contributed by atoms with Crippen molar-refractivity contribution in [2.75, 3.05) is 0 Å². The van der Waals surface area contributed by atoms with Crippen LogP contribution >= 0.6 is 0 Å². The third-order valence-corrected chi connectivity index (χ3v) is 5.50. The molecular formula is C23H17NO4. The number of para-hydroxylation sites is 1. The van der Waals surface area contributed by atoms with Gasteiger partial charge in [-0.05, 0) is 70.6 Å². The second-order valence-electron chi connectivity index (χ2n) is 7.10. The van der Waals surface area contributed by atoms with Gasteiger partial charge in [-0.1, -0.05) is 18.2 Å². The Morgan fingerprint density at radius 3 is 1.93 bits per heavy atom. The van der Waals surface area contributed by atoms with E-state index < -0.39 is 0 Å². The molecule has 138 valence electrons. The lowest BCUT2D eigenvalue weighted by molar-refractivity contribution is 0.403. The van der Waals surface area contributed by atoms with Gasteiger partial charge >= 0.3 is 0 Å². The highest BCUT2D eigenvalue weighted by Gasteiger charge is 2.32. The Morgan fingerprint density at radius 1 is 0.714 bits per heavy atom. The highest BCUT2D eigenvalue weighted by molar-refractivity contribution is 5.85. The maximum absolute atomic E-state index is 10.1. The lowest BCUT2D eigenvalue weighted by Gasteiger charge is -2.16. The van der Waals surface area contributed by atoms with Crippen LogP contribution in [0.2, 0.25) is 0 Å². The molecule has 0 unspecified atom stereocenters. The molecule has 4 N–H and O–H groups in total. The van der Waals surface area contributed by atoms with E-state index in [4.69, 9.17) is 0 Å². The molecule has 28 heavy (non-hydrogen) atoms. The van der Waals surface area contributed by atoms with Crippen molar-refractivity contribution < 1.29 is 20.4 Å². The molecule has 1 aliphatic rings. The lowest BCUT2D eigenvalue weighted by atomic mass is 9.88. The molecule has 4 aromatic rings. The Balaban J connectivity index is 1.72. The van der Waals surface area contributed by atoms with Crippen LogP contribution in [-0.2, 0) is 6.42 Å².